The van der Waals surface area contributed by atoms with Crippen LogP contribution in [-0.2, 0) is 0 Å². The summed E-state index contributed by atoms with van der Waals surface area (Å²) >= 11 is 5.88. The maximum atomic E-state index is 5.88. The molecule has 0 bridgehead atoms. The zero-order valence-corrected chi connectivity index (χ0v) is 8.50. The van der Waals surface area contributed by atoms with Gasteiger partial charge in [-0.05, 0) is 33.5 Å². The van der Waals surface area contributed by atoms with Gasteiger partial charge in [0.15, 0.2) is 0 Å². The lowest BCUT2D eigenvalue weighted by atomic mass is 10.2. The SMILES string of the molecule is CCC(Cl)CCN(C)C.Cl. The Morgan fingerprint density at radius 1 is 1.40 bits per heavy atom. The van der Waals surface area contributed by atoms with Gasteiger partial charge in [0.25, 0.3) is 0 Å². The molecular weight excluding hydrogens is 169 g/mol. The van der Waals surface area contributed by atoms with Gasteiger partial charge in [-0.15, -0.1) is 24.0 Å². The second kappa shape index (κ2) is 7.64. The monoisotopic (exact) mass is 185 g/mol. The fourth-order valence-corrected chi connectivity index (χ4v) is 0.700. The van der Waals surface area contributed by atoms with Crippen molar-refractivity contribution in [3.05, 3.63) is 0 Å². The fourth-order valence-electron chi connectivity index (χ4n) is 0.602. The highest BCUT2D eigenvalue weighted by molar-refractivity contribution is 6.20. The summed E-state index contributed by atoms with van der Waals surface area (Å²) < 4.78 is 0. The zero-order chi connectivity index (χ0) is 7.28. The van der Waals surface area contributed by atoms with Crippen molar-refractivity contribution in [2.75, 3.05) is 20.6 Å². The van der Waals surface area contributed by atoms with Gasteiger partial charge < -0.3 is 4.90 Å². The number of nitrogens with zero attached hydrogens (tertiary/aromatic N) is 1. The maximum Gasteiger partial charge on any atom is 0.0345 e. The van der Waals surface area contributed by atoms with Gasteiger partial charge in [-0.3, -0.25) is 0 Å². The maximum absolute atomic E-state index is 5.88. The van der Waals surface area contributed by atoms with E-state index in [0.717, 1.165) is 19.4 Å². The van der Waals surface area contributed by atoms with E-state index in [1.165, 1.54) is 0 Å². The van der Waals surface area contributed by atoms with Gasteiger partial charge in [-0.2, -0.15) is 0 Å². The van der Waals surface area contributed by atoms with E-state index in [9.17, 15) is 0 Å². The molecule has 0 aromatic carbocycles. The largest absolute Gasteiger partial charge is 0.309 e. The zero-order valence-electron chi connectivity index (χ0n) is 6.93. The summed E-state index contributed by atoms with van der Waals surface area (Å²) in [4.78, 5) is 2.16. The van der Waals surface area contributed by atoms with Crippen molar-refractivity contribution >= 4 is 24.0 Å². The Hall–Kier alpha value is 0.540. The van der Waals surface area contributed by atoms with Crippen molar-refractivity contribution < 1.29 is 0 Å². The van der Waals surface area contributed by atoms with Crippen LogP contribution in [0.2, 0.25) is 0 Å². The molecule has 0 N–H and O–H groups in total. The highest BCUT2D eigenvalue weighted by Gasteiger charge is 2.00. The number of halogens is 2. The first kappa shape index (κ1) is 13.2. The van der Waals surface area contributed by atoms with E-state index in [4.69, 9.17) is 11.6 Å². The molecule has 0 radical (unpaired) electrons. The van der Waals surface area contributed by atoms with Crippen LogP contribution in [0.1, 0.15) is 19.8 Å². The van der Waals surface area contributed by atoms with Crippen LogP contribution in [-0.4, -0.2) is 30.9 Å². The molecule has 10 heavy (non-hydrogen) atoms. The van der Waals surface area contributed by atoms with Crippen LogP contribution in [0, 0.1) is 0 Å². The minimum Gasteiger partial charge on any atom is -0.309 e. The molecule has 0 aromatic heterocycles. The number of rotatable bonds is 4. The van der Waals surface area contributed by atoms with Crippen molar-refractivity contribution in [3.8, 4) is 0 Å². The van der Waals surface area contributed by atoms with Gasteiger partial charge in [-0.1, -0.05) is 6.92 Å². The fraction of sp³-hybridized carbons (Fsp3) is 1.00. The van der Waals surface area contributed by atoms with Crippen molar-refractivity contribution in [1.29, 1.82) is 0 Å². The molecule has 0 aliphatic heterocycles. The molecule has 0 rings (SSSR count). The number of hydrogen-bond acceptors (Lipinski definition) is 1. The van der Waals surface area contributed by atoms with Gasteiger partial charge in [0.05, 0.1) is 0 Å². The Morgan fingerprint density at radius 2 is 1.90 bits per heavy atom. The summed E-state index contributed by atoms with van der Waals surface area (Å²) in [5, 5.41) is 0.368. The van der Waals surface area contributed by atoms with Crippen molar-refractivity contribution in [1.82, 2.24) is 4.90 Å². The van der Waals surface area contributed by atoms with Crippen molar-refractivity contribution in [2.24, 2.45) is 0 Å². The highest BCUT2D eigenvalue weighted by Crippen LogP contribution is 2.05. The molecule has 0 aliphatic carbocycles. The summed E-state index contributed by atoms with van der Waals surface area (Å²) in [6.07, 6.45) is 2.18. The molecule has 64 valence electrons. The lowest BCUT2D eigenvalue weighted by molar-refractivity contribution is 0.395. The van der Waals surface area contributed by atoms with Gasteiger partial charge in [0.1, 0.15) is 0 Å². The topological polar surface area (TPSA) is 3.24 Å². The minimum absolute atomic E-state index is 0. The van der Waals surface area contributed by atoms with Crippen molar-refractivity contribution in [3.63, 3.8) is 0 Å². The molecule has 0 saturated heterocycles. The molecule has 0 saturated carbocycles. The second-order valence-corrected chi connectivity index (χ2v) is 3.21. The van der Waals surface area contributed by atoms with E-state index >= 15 is 0 Å². The second-order valence-electron chi connectivity index (χ2n) is 2.60. The molecule has 3 heteroatoms. The smallest absolute Gasteiger partial charge is 0.0345 e. The van der Waals surface area contributed by atoms with E-state index < -0.39 is 0 Å². The third kappa shape index (κ3) is 8.54. The predicted molar refractivity (Wildman–Crippen MR) is 50.4 cm³/mol. The van der Waals surface area contributed by atoms with Crippen LogP contribution in [0.5, 0.6) is 0 Å². The molecule has 0 aromatic rings. The Bertz CT molecular complexity index is 66.6. The van der Waals surface area contributed by atoms with E-state index in [1.807, 2.05) is 0 Å². The van der Waals surface area contributed by atoms with Gasteiger partial charge >= 0.3 is 0 Å². The van der Waals surface area contributed by atoms with Crippen LogP contribution in [0.4, 0.5) is 0 Å². The quantitative estimate of drug-likeness (QED) is 0.609. The first-order chi connectivity index (χ1) is 4.16. The van der Waals surface area contributed by atoms with Crippen LogP contribution < -0.4 is 0 Å². The van der Waals surface area contributed by atoms with Crippen LogP contribution in [0.15, 0.2) is 0 Å². The summed E-state index contributed by atoms with van der Waals surface area (Å²) in [5.74, 6) is 0. The van der Waals surface area contributed by atoms with E-state index in [2.05, 4.69) is 25.9 Å². The van der Waals surface area contributed by atoms with Crippen LogP contribution in [0.25, 0.3) is 0 Å². The van der Waals surface area contributed by atoms with Crippen LogP contribution in [0.3, 0.4) is 0 Å². The summed E-state index contributed by atoms with van der Waals surface area (Å²) in [6.45, 7) is 3.22. The molecule has 0 spiro atoms. The molecule has 0 fully saturated rings. The summed E-state index contributed by atoms with van der Waals surface area (Å²) in [6, 6.07) is 0. The molecule has 0 heterocycles. The van der Waals surface area contributed by atoms with Gasteiger partial charge in [0, 0.05) is 5.38 Å². The molecule has 1 atom stereocenters. The summed E-state index contributed by atoms with van der Waals surface area (Å²) in [7, 11) is 4.14. The molecule has 0 aliphatic rings. The Balaban J connectivity index is 0. The lowest BCUT2D eigenvalue weighted by Crippen LogP contribution is -2.16. The molecule has 1 nitrogen and oxygen atoms in total. The van der Waals surface area contributed by atoms with Gasteiger partial charge in [0.2, 0.25) is 0 Å². The third-order valence-electron chi connectivity index (χ3n) is 1.33. The Labute approximate surface area is 75.1 Å². The first-order valence-electron chi connectivity index (χ1n) is 3.45. The standard InChI is InChI=1S/C7H16ClN.ClH/c1-4-7(8)5-6-9(2)3;/h7H,4-6H2,1-3H3;1H. The van der Waals surface area contributed by atoms with Crippen LogP contribution >= 0.6 is 24.0 Å². The molecule has 1 unspecified atom stereocenters. The third-order valence-corrected chi connectivity index (χ3v) is 1.86. The Morgan fingerprint density at radius 3 is 2.20 bits per heavy atom. The minimum atomic E-state index is 0. The first-order valence-corrected chi connectivity index (χ1v) is 3.89. The normalized spacial score (nSPS) is 12.9. The average Bonchev–Trinajstić information content (AvgIpc) is 1.83. The summed E-state index contributed by atoms with van der Waals surface area (Å²) in [5.41, 5.74) is 0. The number of hydrogen-bond donors (Lipinski definition) is 0. The average molecular weight is 186 g/mol. The Kier molecular flexibility index (Phi) is 10.1. The van der Waals surface area contributed by atoms with Gasteiger partial charge in [-0.25, -0.2) is 0 Å². The van der Waals surface area contributed by atoms with E-state index in [-0.39, 0.29) is 12.4 Å². The van der Waals surface area contributed by atoms with E-state index in [1.54, 1.807) is 0 Å². The molecular formula is C7H17Cl2N. The van der Waals surface area contributed by atoms with E-state index in [0.29, 0.717) is 5.38 Å². The highest BCUT2D eigenvalue weighted by atomic mass is 35.5. The van der Waals surface area contributed by atoms with Crippen molar-refractivity contribution in [2.45, 2.75) is 25.1 Å². The number of alkyl halides is 1. The lowest BCUT2D eigenvalue weighted by Gasteiger charge is -2.11. The molecule has 0 amide bonds. The predicted octanol–water partition coefficient (Wildman–Crippen LogP) is 2.38.